The van der Waals surface area contributed by atoms with Gasteiger partial charge in [0.15, 0.2) is 5.75 Å². The number of nitrogens with zero attached hydrogens (tertiary/aromatic N) is 2. The molecule has 8 nitrogen and oxygen atoms in total. The summed E-state index contributed by atoms with van der Waals surface area (Å²) in [6, 6.07) is 1.00. The molecule has 1 fully saturated rings. The summed E-state index contributed by atoms with van der Waals surface area (Å²) in [4.78, 5) is 31.1. The monoisotopic (exact) mass is 424 g/mol. The van der Waals surface area contributed by atoms with Gasteiger partial charge >= 0.3 is 0 Å². The second-order valence-corrected chi connectivity index (χ2v) is 9.59. The van der Waals surface area contributed by atoms with E-state index < -0.39 is 14.2 Å². The van der Waals surface area contributed by atoms with Gasteiger partial charge in [-0.25, -0.2) is 0 Å². The van der Waals surface area contributed by atoms with Gasteiger partial charge in [-0.1, -0.05) is 0 Å². The van der Waals surface area contributed by atoms with Crippen LogP contribution in [0.25, 0.3) is 0 Å². The predicted octanol–water partition coefficient (Wildman–Crippen LogP) is 2.33. The molecule has 0 aliphatic carbocycles. The second-order valence-electron chi connectivity index (χ2n) is 7.89. The maximum absolute atomic E-state index is 12.8. The normalized spacial score (nSPS) is 16.4. The Bertz CT molecular complexity index is 695. The van der Waals surface area contributed by atoms with Crippen molar-refractivity contribution in [1.29, 1.82) is 0 Å². The molecule has 0 aromatic carbocycles. The van der Waals surface area contributed by atoms with E-state index in [0.29, 0.717) is 24.2 Å². The van der Waals surface area contributed by atoms with Crippen LogP contribution in [0.15, 0.2) is 18.5 Å². The Hall–Kier alpha value is -1.76. The Kier molecular flexibility index (Phi) is 8.80. The fraction of sp³-hybridized carbons (Fsp3) is 0.650. The lowest BCUT2D eigenvalue weighted by molar-refractivity contribution is -0.131. The number of aromatic nitrogens is 1. The molecule has 9 heteroatoms. The quantitative estimate of drug-likeness (QED) is 0.559. The first kappa shape index (κ1) is 23.5. The van der Waals surface area contributed by atoms with Gasteiger partial charge in [-0.2, -0.15) is 0 Å². The predicted molar refractivity (Wildman–Crippen MR) is 114 cm³/mol. The van der Waals surface area contributed by atoms with Gasteiger partial charge in [0.05, 0.1) is 17.4 Å². The molecule has 0 radical (unpaired) electrons. The summed E-state index contributed by atoms with van der Waals surface area (Å²) < 4.78 is 11.9. The molecular formula is C20H33N4O4P. The van der Waals surface area contributed by atoms with E-state index in [-0.39, 0.29) is 17.4 Å². The van der Waals surface area contributed by atoms with Crippen molar-refractivity contribution >= 4 is 20.0 Å². The number of carbonyl (C=O) groups excluding carboxylic acids is 2. The average Bonchev–Trinajstić information content (AvgIpc) is 3.21. The van der Waals surface area contributed by atoms with Gasteiger partial charge < -0.3 is 25.2 Å². The van der Waals surface area contributed by atoms with E-state index in [2.05, 4.69) is 10.3 Å². The molecule has 1 aromatic rings. The van der Waals surface area contributed by atoms with Crippen molar-refractivity contribution in [2.75, 3.05) is 32.6 Å². The fourth-order valence-corrected chi connectivity index (χ4v) is 4.13. The van der Waals surface area contributed by atoms with Crippen LogP contribution in [0.2, 0.25) is 0 Å². The fourth-order valence-electron chi connectivity index (χ4n) is 3.07. The van der Waals surface area contributed by atoms with Crippen LogP contribution in [0.4, 0.5) is 0 Å². The Morgan fingerprint density at radius 1 is 1.38 bits per heavy atom. The van der Waals surface area contributed by atoms with Gasteiger partial charge in [0.25, 0.3) is 5.91 Å². The van der Waals surface area contributed by atoms with Gasteiger partial charge in [-0.3, -0.25) is 14.6 Å². The highest BCUT2D eigenvalue weighted by molar-refractivity contribution is 7.51. The van der Waals surface area contributed by atoms with E-state index in [1.807, 2.05) is 20.5 Å². The maximum Gasteiger partial charge on any atom is 0.255 e. The van der Waals surface area contributed by atoms with E-state index in [9.17, 15) is 9.59 Å². The highest BCUT2D eigenvalue weighted by atomic mass is 31.1. The van der Waals surface area contributed by atoms with Crippen LogP contribution in [0.1, 0.15) is 50.4 Å². The minimum Gasteiger partial charge on any atom is -0.470 e. The van der Waals surface area contributed by atoms with Crippen LogP contribution >= 0.6 is 8.15 Å². The lowest BCUT2D eigenvalue weighted by Gasteiger charge is -2.27. The topological polar surface area (TPSA) is 107 Å². The molecular weight excluding hydrogens is 391 g/mol. The first-order valence-corrected chi connectivity index (χ1v) is 11.9. The van der Waals surface area contributed by atoms with Gasteiger partial charge in [-0.05, 0) is 59.3 Å². The molecule has 0 spiro atoms. The van der Waals surface area contributed by atoms with Gasteiger partial charge in [0.2, 0.25) is 5.91 Å². The van der Waals surface area contributed by atoms with E-state index in [1.54, 1.807) is 17.9 Å². The van der Waals surface area contributed by atoms with Crippen LogP contribution in [0.5, 0.6) is 5.75 Å². The third kappa shape index (κ3) is 7.21. The van der Waals surface area contributed by atoms with Gasteiger partial charge in [-0.15, -0.1) is 0 Å². The van der Waals surface area contributed by atoms with Gasteiger partial charge in [0, 0.05) is 19.3 Å². The van der Waals surface area contributed by atoms with Crippen molar-refractivity contribution in [2.24, 2.45) is 5.73 Å². The van der Waals surface area contributed by atoms with Gasteiger partial charge in [0.1, 0.15) is 20.5 Å². The largest absolute Gasteiger partial charge is 0.470 e. The molecule has 1 aliphatic rings. The Morgan fingerprint density at radius 3 is 2.72 bits per heavy atom. The summed E-state index contributed by atoms with van der Waals surface area (Å²) in [5.74, 6) is -0.0180. The number of carbonyl (C=O) groups is 2. The molecule has 2 amide bonds. The van der Waals surface area contributed by atoms with E-state index in [0.717, 1.165) is 32.4 Å². The highest BCUT2D eigenvalue weighted by Crippen LogP contribution is 2.37. The Labute approximate surface area is 174 Å². The number of hydrogen-bond acceptors (Lipinski definition) is 6. The zero-order valence-electron chi connectivity index (χ0n) is 17.8. The highest BCUT2D eigenvalue weighted by Gasteiger charge is 2.26. The number of ether oxygens (including phenoxy) is 1. The summed E-state index contributed by atoms with van der Waals surface area (Å²) in [6.07, 6.45) is 6.25. The Balaban J connectivity index is 1.96. The van der Waals surface area contributed by atoms with Crippen LogP contribution in [-0.4, -0.2) is 66.0 Å². The molecule has 0 bridgehead atoms. The third-order valence-corrected chi connectivity index (χ3v) is 5.80. The smallest absolute Gasteiger partial charge is 0.255 e. The number of nitrogens with two attached hydrogens (primary N) is 1. The number of likely N-dealkylation sites (tertiary alicyclic amines) is 1. The lowest BCUT2D eigenvalue weighted by Crippen LogP contribution is -2.46. The standard InChI is InChI=1S/C20H33N4O4P/c1-15(19(26)24-11-5-6-12-24)23-18(25)16-7-10-22-13-17(16)28-29(4)14-27-20(2,3)8-9-21/h7,10,13,15H,5-6,8-9,11-12,14,21H2,1-4H3,(H,23,25). The zero-order chi connectivity index (χ0) is 21.4. The average molecular weight is 424 g/mol. The van der Waals surface area contributed by atoms with Crippen molar-refractivity contribution in [3.63, 3.8) is 0 Å². The number of hydrogen-bond donors (Lipinski definition) is 2. The molecule has 0 saturated carbocycles. The van der Waals surface area contributed by atoms with Crippen LogP contribution in [0, 0.1) is 0 Å². The number of pyridine rings is 1. The second kappa shape index (κ2) is 10.9. The SMILES string of the molecule is CC(NC(=O)c1ccncc1OP(C)COC(C)(C)CCN)C(=O)N1CCCC1. The van der Waals surface area contributed by atoms with E-state index in [1.165, 1.54) is 12.4 Å². The Morgan fingerprint density at radius 2 is 2.07 bits per heavy atom. The summed E-state index contributed by atoms with van der Waals surface area (Å²) in [7, 11) is -0.971. The molecule has 1 aromatic heterocycles. The lowest BCUT2D eigenvalue weighted by atomic mass is 10.1. The van der Waals surface area contributed by atoms with E-state index in [4.69, 9.17) is 15.0 Å². The van der Waals surface area contributed by atoms with Crippen LogP contribution < -0.4 is 15.6 Å². The van der Waals surface area contributed by atoms with Crippen LogP contribution in [0.3, 0.4) is 0 Å². The zero-order valence-corrected chi connectivity index (χ0v) is 18.7. The van der Waals surface area contributed by atoms with E-state index >= 15 is 0 Å². The molecule has 2 atom stereocenters. The van der Waals surface area contributed by atoms with Crippen molar-refractivity contribution in [1.82, 2.24) is 15.2 Å². The molecule has 2 unspecified atom stereocenters. The molecule has 3 N–H and O–H groups in total. The number of amides is 2. The van der Waals surface area contributed by atoms with Crippen LogP contribution in [-0.2, 0) is 9.53 Å². The molecule has 162 valence electrons. The minimum atomic E-state index is -0.971. The molecule has 1 saturated heterocycles. The number of nitrogens with one attached hydrogen (secondary N) is 1. The molecule has 2 heterocycles. The van der Waals surface area contributed by atoms with Crippen molar-refractivity contribution in [2.45, 2.75) is 51.7 Å². The summed E-state index contributed by atoms with van der Waals surface area (Å²) in [5, 5.41) is 2.78. The molecule has 2 rings (SSSR count). The van der Waals surface area contributed by atoms with Crippen molar-refractivity contribution in [3.8, 4) is 5.75 Å². The number of rotatable bonds is 10. The van der Waals surface area contributed by atoms with Crippen molar-refractivity contribution in [3.05, 3.63) is 24.0 Å². The first-order valence-electron chi connectivity index (χ1n) is 10.0. The summed E-state index contributed by atoms with van der Waals surface area (Å²) >= 11 is 0. The van der Waals surface area contributed by atoms with Crippen molar-refractivity contribution < 1.29 is 18.8 Å². The summed E-state index contributed by atoms with van der Waals surface area (Å²) in [5.41, 5.74) is 5.65. The first-order chi connectivity index (χ1) is 13.7. The third-order valence-electron chi connectivity index (χ3n) is 4.80. The molecule has 29 heavy (non-hydrogen) atoms. The minimum absolute atomic E-state index is 0.0550. The molecule has 1 aliphatic heterocycles. The maximum atomic E-state index is 12.8. The summed E-state index contributed by atoms with van der Waals surface area (Å²) in [6.45, 7) is 9.68.